The largest absolute Gasteiger partial charge is 0.328 e. The first-order valence-corrected chi connectivity index (χ1v) is 4.30. The molecule has 0 aliphatic rings. The van der Waals surface area contributed by atoms with Crippen LogP contribution in [0.15, 0.2) is 0 Å². The maximum absolute atomic E-state index is 5.57. The van der Waals surface area contributed by atoms with E-state index in [1.807, 2.05) is 11.6 Å². The third-order valence-electron chi connectivity index (χ3n) is 2.45. The van der Waals surface area contributed by atoms with Gasteiger partial charge in [0.1, 0.15) is 0 Å². The lowest BCUT2D eigenvalue weighted by atomic mass is 10.2. The number of aryl methyl sites for hydroxylation is 1. The number of aromatic nitrogens is 2. The first-order chi connectivity index (χ1) is 5.57. The molecule has 68 valence electrons. The Morgan fingerprint density at radius 3 is 2.33 bits per heavy atom. The van der Waals surface area contributed by atoms with E-state index in [0.717, 1.165) is 5.69 Å². The molecular weight excluding hydrogens is 150 g/mol. The van der Waals surface area contributed by atoms with Crippen molar-refractivity contribution >= 4 is 0 Å². The summed E-state index contributed by atoms with van der Waals surface area (Å²) in [4.78, 5) is 0. The lowest BCUT2D eigenvalue weighted by Gasteiger charge is -2.11. The molecule has 1 aromatic rings. The minimum atomic E-state index is 0.303. The van der Waals surface area contributed by atoms with E-state index in [2.05, 4.69) is 25.9 Å². The van der Waals surface area contributed by atoms with Crippen LogP contribution in [0.2, 0.25) is 0 Å². The Morgan fingerprint density at radius 2 is 2.00 bits per heavy atom. The van der Waals surface area contributed by atoms with Gasteiger partial charge in [-0.1, -0.05) is 0 Å². The molecule has 0 aliphatic carbocycles. The van der Waals surface area contributed by atoms with Crippen LogP contribution in [0.1, 0.15) is 29.9 Å². The van der Waals surface area contributed by atoms with Crippen molar-refractivity contribution in [2.24, 2.45) is 5.73 Å². The number of hydrogen-bond donors (Lipinski definition) is 1. The zero-order chi connectivity index (χ0) is 9.30. The highest BCUT2D eigenvalue weighted by Crippen LogP contribution is 2.14. The van der Waals surface area contributed by atoms with Gasteiger partial charge in [-0.25, -0.2) is 0 Å². The van der Waals surface area contributed by atoms with Gasteiger partial charge >= 0.3 is 0 Å². The molecule has 0 aromatic carbocycles. The van der Waals surface area contributed by atoms with Crippen molar-refractivity contribution in [3.05, 3.63) is 17.0 Å². The fraction of sp³-hybridized carbons (Fsp3) is 0.667. The minimum Gasteiger partial charge on any atom is -0.328 e. The zero-order valence-electron chi connectivity index (χ0n) is 8.26. The number of nitrogens with two attached hydrogens (primary N) is 1. The van der Waals surface area contributed by atoms with Crippen molar-refractivity contribution in [2.45, 2.75) is 33.7 Å². The molecule has 1 heterocycles. The molecule has 0 radical (unpaired) electrons. The SMILES string of the molecule is Cc1nn([C@@H](C)CN)c(C)c1C. The standard InChI is InChI=1S/C9H17N3/c1-6(5-10)12-9(4)7(2)8(3)11-12/h6H,5,10H2,1-4H3/t6-/m0/s1. The molecule has 0 saturated heterocycles. The van der Waals surface area contributed by atoms with Gasteiger partial charge in [0.25, 0.3) is 0 Å². The molecule has 0 unspecified atom stereocenters. The van der Waals surface area contributed by atoms with Crippen LogP contribution in [-0.2, 0) is 0 Å². The monoisotopic (exact) mass is 167 g/mol. The summed E-state index contributed by atoms with van der Waals surface area (Å²) in [5, 5.41) is 4.42. The van der Waals surface area contributed by atoms with Gasteiger partial charge < -0.3 is 5.73 Å². The Hall–Kier alpha value is -0.830. The van der Waals surface area contributed by atoms with E-state index in [0.29, 0.717) is 12.6 Å². The Balaban J connectivity index is 3.08. The minimum absolute atomic E-state index is 0.303. The normalized spacial score (nSPS) is 13.4. The van der Waals surface area contributed by atoms with E-state index in [1.165, 1.54) is 11.3 Å². The average Bonchev–Trinajstić information content (AvgIpc) is 2.32. The highest BCUT2D eigenvalue weighted by Gasteiger charge is 2.10. The molecule has 12 heavy (non-hydrogen) atoms. The van der Waals surface area contributed by atoms with Gasteiger partial charge in [-0.05, 0) is 33.3 Å². The second-order valence-electron chi connectivity index (χ2n) is 3.33. The van der Waals surface area contributed by atoms with Crippen LogP contribution in [0.4, 0.5) is 0 Å². The fourth-order valence-electron chi connectivity index (χ4n) is 1.27. The Labute approximate surface area is 73.6 Å². The van der Waals surface area contributed by atoms with E-state index in [-0.39, 0.29) is 0 Å². The van der Waals surface area contributed by atoms with Gasteiger partial charge in [-0.15, -0.1) is 0 Å². The Kier molecular flexibility index (Phi) is 2.52. The first kappa shape index (κ1) is 9.26. The molecular formula is C9H17N3. The highest BCUT2D eigenvalue weighted by molar-refractivity contribution is 5.22. The predicted molar refractivity (Wildman–Crippen MR) is 50.2 cm³/mol. The van der Waals surface area contributed by atoms with E-state index >= 15 is 0 Å². The van der Waals surface area contributed by atoms with Crippen molar-refractivity contribution in [2.75, 3.05) is 6.54 Å². The van der Waals surface area contributed by atoms with Crippen molar-refractivity contribution < 1.29 is 0 Å². The summed E-state index contributed by atoms with van der Waals surface area (Å²) in [7, 11) is 0. The van der Waals surface area contributed by atoms with Crippen LogP contribution in [0, 0.1) is 20.8 Å². The smallest absolute Gasteiger partial charge is 0.0625 e. The molecule has 0 saturated carbocycles. The second kappa shape index (κ2) is 3.27. The molecule has 3 nitrogen and oxygen atoms in total. The Bertz CT molecular complexity index is 276. The zero-order valence-corrected chi connectivity index (χ0v) is 8.26. The van der Waals surface area contributed by atoms with Crippen LogP contribution >= 0.6 is 0 Å². The summed E-state index contributed by atoms with van der Waals surface area (Å²) >= 11 is 0. The van der Waals surface area contributed by atoms with E-state index in [1.54, 1.807) is 0 Å². The quantitative estimate of drug-likeness (QED) is 0.722. The summed E-state index contributed by atoms with van der Waals surface area (Å²) < 4.78 is 2.00. The molecule has 3 heteroatoms. The first-order valence-electron chi connectivity index (χ1n) is 4.30. The van der Waals surface area contributed by atoms with Crippen LogP contribution in [-0.4, -0.2) is 16.3 Å². The lowest BCUT2D eigenvalue weighted by Crippen LogP contribution is -2.18. The van der Waals surface area contributed by atoms with Crippen LogP contribution < -0.4 is 5.73 Å². The number of hydrogen-bond acceptors (Lipinski definition) is 2. The average molecular weight is 167 g/mol. The van der Waals surface area contributed by atoms with Gasteiger partial charge in [0.05, 0.1) is 11.7 Å². The summed E-state index contributed by atoms with van der Waals surface area (Å²) in [6.07, 6.45) is 0. The summed E-state index contributed by atoms with van der Waals surface area (Å²) in [5.41, 5.74) is 9.18. The lowest BCUT2D eigenvalue weighted by molar-refractivity contribution is 0.486. The van der Waals surface area contributed by atoms with Gasteiger partial charge in [0.2, 0.25) is 0 Å². The predicted octanol–water partition coefficient (Wildman–Crippen LogP) is 1.33. The third kappa shape index (κ3) is 1.37. The topological polar surface area (TPSA) is 43.8 Å². The molecule has 0 fully saturated rings. The van der Waals surface area contributed by atoms with E-state index < -0.39 is 0 Å². The van der Waals surface area contributed by atoms with Gasteiger partial charge in [0, 0.05) is 12.2 Å². The van der Waals surface area contributed by atoms with E-state index in [4.69, 9.17) is 5.73 Å². The van der Waals surface area contributed by atoms with Crippen molar-refractivity contribution in [1.82, 2.24) is 9.78 Å². The molecule has 0 aliphatic heterocycles. The summed E-state index contributed by atoms with van der Waals surface area (Å²) in [5.74, 6) is 0. The molecule has 0 amide bonds. The van der Waals surface area contributed by atoms with Gasteiger partial charge in [-0.2, -0.15) is 5.10 Å². The van der Waals surface area contributed by atoms with Crippen molar-refractivity contribution in [3.8, 4) is 0 Å². The maximum atomic E-state index is 5.57. The maximum Gasteiger partial charge on any atom is 0.0625 e. The van der Waals surface area contributed by atoms with Crippen molar-refractivity contribution in [3.63, 3.8) is 0 Å². The van der Waals surface area contributed by atoms with E-state index in [9.17, 15) is 0 Å². The Morgan fingerprint density at radius 1 is 1.42 bits per heavy atom. The summed E-state index contributed by atoms with van der Waals surface area (Å²) in [6, 6.07) is 0.303. The van der Waals surface area contributed by atoms with Gasteiger partial charge in [-0.3, -0.25) is 4.68 Å². The fourth-order valence-corrected chi connectivity index (χ4v) is 1.27. The van der Waals surface area contributed by atoms with Gasteiger partial charge in [0.15, 0.2) is 0 Å². The third-order valence-corrected chi connectivity index (χ3v) is 2.45. The molecule has 0 spiro atoms. The highest BCUT2D eigenvalue weighted by atomic mass is 15.3. The number of nitrogens with zero attached hydrogens (tertiary/aromatic N) is 2. The molecule has 1 aromatic heterocycles. The van der Waals surface area contributed by atoms with Crippen LogP contribution in [0.25, 0.3) is 0 Å². The van der Waals surface area contributed by atoms with Crippen LogP contribution in [0.3, 0.4) is 0 Å². The molecule has 0 bridgehead atoms. The summed E-state index contributed by atoms with van der Waals surface area (Å²) in [6.45, 7) is 8.93. The molecule has 2 N–H and O–H groups in total. The number of rotatable bonds is 2. The van der Waals surface area contributed by atoms with Crippen LogP contribution in [0.5, 0.6) is 0 Å². The molecule has 1 atom stereocenters. The van der Waals surface area contributed by atoms with Crippen molar-refractivity contribution in [1.29, 1.82) is 0 Å². The molecule has 1 rings (SSSR count). The second-order valence-corrected chi connectivity index (χ2v) is 3.33.